The van der Waals surface area contributed by atoms with Crippen LogP contribution in [0.1, 0.15) is 50.7 Å². The summed E-state index contributed by atoms with van der Waals surface area (Å²) < 4.78 is 6.06. The predicted molar refractivity (Wildman–Crippen MR) is 115 cm³/mol. The summed E-state index contributed by atoms with van der Waals surface area (Å²) in [6.45, 7) is 10.2. The lowest BCUT2D eigenvalue weighted by Gasteiger charge is -2.20. The molecular formula is C22H38N4O. The molecule has 1 fully saturated rings. The van der Waals surface area contributed by atoms with Crippen LogP contribution in [0.15, 0.2) is 23.2 Å². The van der Waals surface area contributed by atoms with Gasteiger partial charge in [0, 0.05) is 31.7 Å². The van der Waals surface area contributed by atoms with E-state index in [1.807, 2.05) is 7.05 Å². The number of hydrogen-bond acceptors (Lipinski definition) is 3. The number of nitrogens with zero attached hydrogens (tertiary/aromatic N) is 2. The quantitative estimate of drug-likeness (QED) is 0.353. The molecule has 1 aliphatic rings. The van der Waals surface area contributed by atoms with Gasteiger partial charge >= 0.3 is 0 Å². The molecule has 5 nitrogen and oxygen atoms in total. The van der Waals surface area contributed by atoms with Crippen molar-refractivity contribution >= 4 is 5.96 Å². The summed E-state index contributed by atoms with van der Waals surface area (Å²) in [7, 11) is 4.00. The molecule has 1 aromatic carbocycles. The minimum absolute atomic E-state index is 0.609. The number of guanidine groups is 1. The van der Waals surface area contributed by atoms with Gasteiger partial charge < -0.3 is 20.3 Å². The van der Waals surface area contributed by atoms with Crippen LogP contribution in [0.25, 0.3) is 0 Å². The fraction of sp³-hybridized carbons (Fsp3) is 0.682. The molecule has 2 rings (SSSR count). The van der Waals surface area contributed by atoms with Gasteiger partial charge in [-0.2, -0.15) is 0 Å². The van der Waals surface area contributed by atoms with Gasteiger partial charge in [-0.25, -0.2) is 0 Å². The Kier molecular flexibility index (Phi) is 8.92. The lowest BCUT2D eigenvalue weighted by atomic mass is 10.1. The number of aliphatic imine (C=N–C) groups is 1. The Hall–Kier alpha value is -1.75. The highest BCUT2D eigenvalue weighted by molar-refractivity contribution is 5.79. The Bertz CT molecular complexity index is 596. The van der Waals surface area contributed by atoms with Crippen LogP contribution in [0.2, 0.25) is 0 Å². The highest BCUT2D eigenvalue weighted by Crippen LogP contribution is 2.30. The molecule has 0 aliphatic heterocycles. The molecule has 0 unspecified atom stereocenters. The second kappa shape index (κ2) is 11.2. The molecule has 152 valence electrons. The molecular weight excluding hydrogens is 336 g/mol. The maximum absolute atomic E-state index is 6.06. The molecule has 1 saturated carbocycles. The van der Waals surface area contributed by atoms with Crippen molar-refractivity contribution in [3.63, 3.8) is 0 Å². The normalized spacial score (nSPS) is 14.7. The minimum atomic E-state index is 0.609. The Balaban J connectivity index is 1.73. The summed E-state index contributed by atoms with van der Waals surface area (Å²) in [6, 6.07) is 7.04. The van der Waals surface area contributed by atoms with Gasteiger partial charge in [0.25, 0.3) is 0 Å². The summed E-state index contributed by atoms with van der Waals surface area (Å²) >= 11 is 0. The second-order valence-electron chi connectivity index (χ2n) is 8.00. The van der Waals surface area contributed by atoms with Gasteiger partial charge in [0.2, 0.25) is 0 Å². The van der Waals surface area contributed by atoms with E-state index >= 15 is 0 Å². The standard InChI is InChI=1S/C22H38N4O/c1-17(2)26(5)13-7-6-12-24-22(23-4)25-15-20-11-8-18(3)14-21(20)27-16-19-9-10-19/h8,11,14,17,19H,6-7,9-10,12-13,15-16H2,1-5H3,(H2,23,24,25). The van der Waals surface area contributed by atoms with Gasteiger partial charge in [-0.1, -0.05) is 12.1 Å². The third-order valence-electron chi connectivity index (χ3n) is 5.18. The lowest BCUT2D eigenvalue weighted by Crippen LogP contribution is -2.37. The maximum Gasteiger partial charge on any atom is 0.191 e. The van der Waals surface area contributed by atoms with Crippen LogP contribution in [0, 0.1) is 12.8 Å². The molecule has 0 spiro atoms. The molecule has 0 atom stereocenters. The van der Waals surface area contributed by atoms with Crippen LogP contribution in [-0.2, 0) is 6.54 Å². The van der Waals surface area contributed by atoms with Crippen LogP contribution in [0.4, 0.5) is 0 Å². The van der Waals surface area contributed by atoms with E-state index in [9.17, 15) is 0 Å². The van der Waals surface area contributed by atoms with Crippen LogP contribution in [-0.4, -0.2) is 50.7 Å². The van der Waals surface area contributed by atoms with E-state index in [1.54, 1.807) is 0 Å². The first kappa shape index (κ1) is 21.5. The van der Waals surface area contributed by atoms with E-state index in [4.69, 9.17) is 4.74 Å². The third kappa shape index (κ3) is 8.21. The Morgan fingerprint density at radius 1 is 1.26 bits per heavy atom. The zero-order chi connectivity index (χ0) is 19.6. The number of aryl methyl sites for hydroxylation is 1. The molecule has 2 N–H and O–H groups in total. The van der Waals surface area contributed by atoms with Gasteiger partial charge in [-0.3, -0.25) is 4.99 Å². The summed E-state index contributed by atoms with van der Waals surface area (Å²) in [5, 5.41) is 6.83. The van der Waals surface area contributed by atoms with Crippen LogP contribution < -0.4 is 15.4 Å². The van der Waals surface area contributed by atoms with Gasteiger partial charge in [-0.15, -0.1) is 0 Å². The van der Waals surface area contributed by atoms with Crippen LogP contribution in [0.3, 0.4) is 0 Å². The number of benzene rings is 1. The lowest BCUT2D eigenvalue weighted by molar-refractivity contribution is 0.268. The SMILES string of the molecule is CN=C(NCCCCN(C)C(C)C)NCc1ccc(C)cc1OCC1CC1. The van der Waals surface area contributed by atoms with Crippen molar-refractivity contribution in [2.75, 3.05) is 33.8 Å². The molecule has 1 aliphatic carbocycles. The minimum Gasteiger partial charge on any atom is -0.493 e. The van der Waals surface area contributed by atoms with Crippen molar-refractivity contribution in [3.8, 4) is 5.75 Å². The summed E-state index contributed by atoms with van der Waals surface area (Å²) in [6.07, 6.45) is 4.94. The second-order valence-corrected chi connectivity index (χ2v) is 8.00. The highest BCUT2D eigenvalue weighted by Gasteiger charge is 2.22. The Morgan fingerprint density at radius 3 is 2.70 bits per heavy atom. The molecule has 1 aromatic rings. The number of hydrogen-bond donors (Lipinski definition) is 2. The van der Waals surface area contributed by atoms with Gasteiger partial charge in [-0.05, 0) is 77.6 Å². The number of rotatable bonds is 11. The van der Waals surface area contributed by atoms with Gasteiger partial charge in [0.05, 0.1) is 6.61 Å². The number of unbranched alkanes of at least 4 members (excludes halogenated alkanes) is 1. The molecule has 27 heavy (non-hydrogen) atoms. The average molecular weight is 375 g/mol. The smallest absolute Gasteiger partial charge is 0.191 e. The molecule has 0 bridgehead atoms. The molecule has 0 heterocycles. The summed E-state index contributed by atoms with van der Waals surface area (Å²) in [5.41, 5.74) is 2.42. The van der Waals surface area contributed by atoms with Crippen molar-refractivity contribution in [2.24, 2.45) is 10.9 Å². The first-order chi connectivity index (χ1) is 13.0. The zero-order valence-corrected chi connectivity index (χ0v) is 17.8. The van der Waals surface area contributed by atoms with E-state index < -0.39 is 0 Å². The monoisotopic (exact) mass is 374 g/mol. The fourth-order valence-electron chi connectivity index (χ4n) is 2.79. The molecule has 0 aromatic heterocycles. The van der Waals surface area contributed by atoms with E-state index in [0.29, 0.717) is 6.04 Å². The van der Waals surface area contributed by atoms with Crippen molar-refractivity contribution in [1.29, 1.82) is 0 Å². The van der Waals surface area contributed by atoms with E-state index in [2.05, 4.69) is 66.5 Å². The first-order valence-electron chi connectivity index (χ1n) is 10.4. The molecule has 0 saturated heterocycles. The van der Waals surface area contributed by atoms with Crippen molar-refractivity contribution in [3.05, 3.63) is 29.3 Å². The highest BCUT2D eigenvalue weighted by atomic mass is 16.5. The molecule has 0 amide bonds. The predicted octanol–water partition coefficient (Wildman–Crippen LogP) is 3.57. The van der Waals surface area contributed by atoms with Crippen molar-refractivity contribution < 1.29 is 4.74 Å². The number of ether oxygens (including phenoxy) is 1. The van der Waals surface area contributed by atoms with Crippen LogP contribution in [0.5, 0.6) is 5.75 Å². The first-order valence-corrected chi connectivity index (χ1v) is 10.4. The third-order valence-corrected chi connectivity index (χ3v) is 5.18. The van der Waals surface area contributed by atoms with E-state index in [-0.39, 0.29) is 0 Å². The largest absolute Gasteiger partial charge is 0.493 e. The fourth-order valence-corrected chi connectivity index (χ4v) is 2.79. The van der Waals surface area contributed by atoms with Crippen LogP contribution >= 0.6 is 0 Å². The zero-order valence-electron chi connectivity index (χ0n) is 17.8. The average Bonchev–Trinajstić information content (AvgIpc) is 3.47. The van der Waals surface area contributed by atoms with Gasteiger partial charge in [0.15, 0.2) is 5.96 Å². The molecule has 0 radical (unpaired) electrons. The maximum atomic E-state index is 6.06. The number of nitrogens with one attached hydrogen (secondary N) is 2. The Morgan fingerprint density at radius 2 is 2.04 bits per heavy atom. The summed E-state index contributed by atoms with van der Waals surface area (Å²) in [5.74, 6) is 2.61. The van der Waals surface area contributed by atoms with E-state index in [0.717, 1.165) is 50.3 Å². The van der Waals surface area contributed by atoms with Crippen molar-refractivity contribution in [2.45, 2.75) is 59.0 Å². The Labute approximate surface area is 165 Å². The molecule has 5 heteroatoms. The topological polar surface area (TPSA) is 48.9 Å². The summed E-state index contributed by atoms with van der Waals surface area (Å²) in [4.78, 5) is 6.72. The van der Waals surface area contributed by atoms with Crippen molar-refractivity contribution in [1.82, 2.24) is 15.5 Å². The van der Waals surface area contributed by atoms with E-state index in [1.165, 1.54) is 30.4 Å². The van der Waals surface area contributed by atoms with Gasteiger partial charge in [0.1, 0.15) is 5.75 Å².